The maximum absolute atomic E-state index is 5.30. The van der Waals surface area contributed by atoms with Crippen molar-refractivity contribution in [3.63, 3.8) is 0 Å². The first-order valence-electron chi connectivity index (χ1n) is 6.23. The van der Waals surface area contributed by atoms with Crippen molar-refractivity contribution in [1.29, 1.82) is 0 Å². The van der Waals surface area contributed by atoms with E-state index in [2.05, 4.69) is 30.2 Å². The number of aromatic nitrogens is 7. The molecule has 102 valence electrons. The first kappa shape index (κ1) is 11.6. The maximum atomic E-state index is 5.30. The van der Waals surface area contributed by atoms with Crippen molar-refractivity contribution in [2.24, 2.45) is 0 Å². The predicted molar refractivity (Wildman–Crippen MR) is 72.0 cm³/mol. The number of aryl methyl sites for hydroxylation is 1. The molecule has 8 heteroatoms. The standard InChI is InChI=1S/C13H9N7O/c1-8-11(9-4-5-14-7-15-9)17-18-13-16-12(19-20(8)13)10-3-2-6-21-10/h2-7H,1H3. The van der Waals surface area contributed by atoms with E-state index in [9.17, 15) is 0 Å². The lowest BCUT2D eigenvalue weighted by Gasteiger charge is -2.03. The third-order valence-electron chi connectivity index (χ3n) is 3.06. The quantitative estimate of drug-likeness (QED) is 0.549. The zero-order chi connectivity index (χ0) is 14.2. The zero-order valence-electron chi connectivity index (χ0n) is 11.0. The maximum Gasteiger partial charge on any atom is 0.272 e. The molecule has 0 bridgehead atoms. The minimum Gasteiger partial charge on any atom is -0.461 e. The molecule has 0 aliphatic rings. The number of fused-ring (bicyclic) bond motifs is 1. The normalized spacial score (nSPS) is 11.1. The van der Waals surface area contributed by atoms with Crippen LogP contribution in [0.2, 0.25) is 0 Å². The van der Waals surface area contributed by atoms with Crippen molar-refractivity contribution >= 4 is 5.78 Å². The van der Waals surface area contributed by atoms with Gasteiger partial charge in [-0.25, -0.2) is 9.97 Å². The van der Waals surface area contributed by atoms with Gasteiger partial charge >= 0.3 is 0 Å². The molecule has 0 fully saturated rings. The van der Waals surface area contributed by atoms with Crippen LogP contribution in [0.3, 0.4) is 0 Å². The molecule has 0 amide bonds. The van der Waals surface area contributed by atoms with Crippen LogP contribution in [0.4, 0.5) is 0 Å². The van der Waals surface area contributed by atoms with E-state index < -0.39 is 0 Å². The molecular weight excluding hydrogens is 270 g/mol. The molecule has 0 aromatic carbocycles. The molecule has 0 aliphatic carbocycles. The van der Waals surface area contributed by atoms with Gasteiger partial charge in [0.25, 0.3) is 5.78 Å². The van der Waals surface area contributed by atoms with Gasteiger partial charge in [0.15, 0.2) is 5.76 Å². The number of rotatable bonds is 2. The van der Waals surface area contributed by atoms with Gasteiger partial charge in [0.05, 0.1) is 17.7 Å². The van der Waals surface area contributed by atoms with Crippen molar-refractivity contribution in [1.82, 2.24) is 34.8 Å². The average molecular weight is 279 g/mol. The molecule has 4 rings (SSSR count). The first-order valence-corrected chi connectivity index (χ1v) is 6.23. The molecule has 0 saturated carbocycles. The van der Waals surface area contributed by atoms with Gasteiger partial charge in [-0.1, -0.05) is 0 Å². The number of nitrogens with zero attached hydrogens (tertiary/aromatic N) is 7. The number of furan rings is 1. The number of hydrogen-bond acceptors (Lipinski definition) is 7. The van der Waals surface area contributed by atoms with Gasteiger partial charge in [-0.15, -0.1) is 15.3 Å². The molecule has 0 radical (unpaired) electrons. The Balaban J connectivity index is 1.91. The Bertz CT molecular complexity index is 899. The first-order chi connectivity index (χ1) is 10.3. The zero-order valence-corrected chi connectivity index (χ0v) is 11.0. The van der Waals surface area contributed by atoms with E-state index in [-0.39, 0.29) is 0 Å². The van der Waals surface area contributed by atoms with E-state index >= 15 is 0 Å². The third-order valence-corrected chi connectivity index (χ3v) is 3.06. The SMILES string of the molecule is Cc1c(-c2ccncn2)nnc2nc(-c3ccco3)nn12. The van der Waals surface area contributed by atoms with E-state index in [1.54, 1.807) is 35.2 Å². The van der Waals surface area contributed by atoms with E-state index in [4.69, 9.17) is 4.42 Å². The summed E-state index contributed by atoms with van der Waals surface area (Å²) in [5.41, 5.74) is 2.12. The molecule has 0 unspecified atom stereocenters. The Morgan fingerprint density at radius 2 is 2.14 bits per heavy atom. The van der Waals surface area contributed by atoms with Crippen LogP contribution < -0.4 is 0 Å². The highest BCUT2D eigenvalue weighted by atomic mass is 16.3. The highest BCUT2D eigenvalue weighted by Crippen LogP contribution is 2.20. The second kappa shape index (κ2) is 4.44. The molecule has 21 heavy (non-hydrogen) atoms. The summed E-state index contributed by atoms with van der Waals surface area (Å²) < 4.78 is 6.92. The largest absolute Gasteiger partial charge is 0.461 e. The van der Waals surface area contributed by atoms with Gasteiger partial charge in [-0.05, 0) is 25.1 Å². The highest BCUT2D eigenvalue weighted by molar-refractivity contribution is 5.58. The van der Waals surface area contributed by atoms with Crippen LogP contribution in [-0.4, -0.2) is 34.8 Å². The van der Waals surface area contributed by atoms with Gasteiger partial charge in [0, 0.05) is 6.20 Å². The Kier molecular flexibility index (Phi) is 2.46. The summed E-state index contributed by atoms with van der Waals surface area (Å²) in [4.78, 5) is 12.4. The van der Waals surface area contributed by atoms with Crippen LogP contribution in [0.5, 0.6) is 0 Å². The molecule has 0 N–H and O–H groups in total. The summed E-state index contributed by atoms with van der Waals surface area (Å²) in [6.45, 7) is 1.89. The van der Waals surface area contributed by atoms with E-state index in [0.29, 0.717) is 28.8 Å². The van der Waals surface area contributed by atoms with E-state index in [1.165, 1.54) is 6.33 Å². The molecule has 4 aromatic heterocycles. The molecule has 4 heterocycles. The smallest absolute Gasteiger partial charge is 0.272 e. The molecule has 0 saturated heterocycles. The van der Waals surface area contributed by atoms with E-state index in [0.717, 1.165) is 5.69 Å². The summed E-state index contributed by atoms with van der Waals surface area (Å²) in [6.07, 6.45) is 4.70. The van der Waals surface area contributed by atoms with Gasteiger partial charge in [-0.3, -0.25) is 0 Å². The fourth-order valence-electron chi connectivity index (χ4n) is 2.04. The van der Waals surface area contributed by atoms with Crippen molar-refractivity contribution in [3.05, 3.63) is 42.7 Å². The predicted octanol–water partition coefficient (Wildman–Crippen LogP) is 1.54. The molecule has 0 spiro atoms. The Morgan fingerprint density at radius 3 is 2.90 bits per heavy atom. The summed E-state index contributed by atoms with van der Waals surface area (Å²) in [6, 6.07) is 5.35. The van der Waals surface area contributed by atoms with E-state index in [1.807, 2.05) is 6.92 Å². The lowest BCUT2D eigenvalue weighted by molar-refractivity contribution is 0.577. The van der Waals surface area contributed by atoms with Crippen LogP contribution in [0.25, 0.3) is 28.8 Å². The summed E-state index contributed by atoms with van der Waals surface area (Å²) in [5.74, 6) is 1.47. The van der Waals surface area contributed by atoms with Gasteiger partial charge in [0.2, 0.25) is 5.82 Å². The Labute approximate surface area is 118 Å². The molecule has 8 nitrogen and oxygen atoms in total. The molecule has 0 aliphatic heterocycles. The molecule has 4 aromatic rings. The summed E-state index contributed by atoms with van der Waals surface area (Å²) in [5, 5.41) is 12.7. The lowest BCUT2D eigenvalue weighted by atomic mass is 10.2. The Morgan fingerprint density at radius 1 is 1.19 bits per heavy atom. The van der Waals surface area contributed by atoms with Gasteiger partial charge in [-0.2, -0.15) is 9.50 Å². The van der Waals surface area contributed by atoms with Crippen LogP contribution >= 0.6 is 0 Å². The topological polar surface area (TPSA) is 94.9 Å². The monoisotopic (exact) mass is 279 g/mol. The van der Waals surface area contributed by atoms with Crippen molar-refractivity contribution < 1.29 is 4.42 Å². The average Bonchev–Trinajstić information content (AvgIpc) is 3.18. The third kappa shape index (κ3) is 1.84. The fourth-order valence-corrected chi connectivity index (χ4v) is 2.04. The summed E-state index contributed by atoms with van der Waals surface area (Å²) >= 11 is 0. The van der Waals surface area contributed by atoms with Crippen molar-refractivity contribution in [2.75, 3.05) is 0 Å². The van der Waals surface area contributed by atoms with Crippen LogP contribution in [-0.2, 0) is 0 Å². The highest BCUT2D eigenvalue weighted by Gasteiger charge is 2.15. The van der Waals surface area contributed by atoms with Crippen LogP contribution in [0, 0.1) is 6.92 Å². The van der Waals surface area contributed by atoms with Crippen molar-refractivity contribution in [3.8, 4) is 23.0 Å². The molecule has 0 atom stereocenters. The van der Waals surface area contributed by atoms with Gasteiger partial charge < -0.3 is 4.42 Å². The number of hydrogen-bond donors (Lipinski definition) is 0. The van der Waals surface area contributed by atoms with Crippen LogP contribution in [0.15, 0.2) is 41.4 Å². The molecular formula is C13H9N7O. The second-order valence-electron chi connectivity index (χ2n) is 4.35. The Hall–Kier alpha value is -3.16. The lowest BCUT2D eigenvalue weighted by Crippen LogP contribution is -2.03. The minimum atomic E-state index is 0.414. The fraction of sp³-hybridized carbons (Fsp3) is 0.0769. The van der Waals surface area contributed by atoms with Crippen LogP contribution in [0.1, 0.15) is 5.69 Å². The van der Waals surface area contributed by atoms with Gasteiger partial charge in [0.1, 0.15) is 12.0 Å². The van der Waals surface area contributed by atoms with Crippen molar-refractivity contribution in [2.45, 2.75) is 6.92 Å². The summed E-state index contributed by atoms with van der Waals surface area (Å²) in [7, 11) is 0. The second-order valence-corrected chi connectivity index (χ2v) is 4.35. The minimum absolute atomic E-state index is 0.414.